The number of nitrogens with one attached hydrogen (secondary N) is 1. The maximum absolute atomic E-state index is 12.8. The normalized spacial score (nSPS) is 14.7. The van der Waals surface area contributed by atoms with Crippen molar-refractivity contribution in [3.05, 3.63) is 35.4 Å². The van der Waals surface area contributed by atoms with Crippen LogP contribution >= 0.6 is 0 Å². The van der Waals surface area contributed by atoms with Gasteiger partial charge in [0.1, 0.15) is 0 Å². The summed E-state index contributed by atoms with van der Waals surface area (Å²) in [6.07, 6.45) is -4.36. The van der Waals surface area contributed by atoms with Crippen molar-refractivity contribution < 1.29 is 17.9 Å². The molecule has 0 fully saturated rings. The summed E-state index contributed by atoms with van der Waals surface area (Å²) in [5.41, 5.74) is 5.12. The van der Waals surface area contributed by atoms with Crippen molar-refractivity contribution in [2.75, 3.05) is 20.3 Å². The zero-order valence-corrected chi connectivity index (χ0v) is 13.9. The van der Waals surface area contributed by atoms with Crippen LogP contribution in [0.15, 0.2) is 29.3 Å². The summed E-state index contributed by atoms with van der Waals surface area (Å²) in [7, 11) is 1.59. The van der Waals surface area contributed by atoms with E-state index in [1.807, 2.05) is 20.8 Å². The lowest BCUT2D eigenvalue weighted by atomic mass is 9.84. The fraction of sp³-hybridized carbons (Fsp3) is 0.562. The highest BCUT2D eigenvalue weighted by Gasteiger charge is 2.32. The smallest absolute Gasteiger partial charge is 0.383 e. The van der Waals surface area contributed by atoms with Gasteiger partial charge in [-0.25, -0.2) is 0 Å². The van der Waals surface area contributed by atoms with Crippen LogP contribution in [-0.2, 0) is 16.3 Å². The molecule has 1 aromatic rings. The van der Waals surface area contributed by atoms with Gasteiger partial charge in [-0.2, -0.15) is 13.2 Å². The largest absolute Gasteiger partial charge is 0.416 e. The lowest BCUT2D eigenvalue weighted by Crippen LogP contribution is -2.41. The summed E-state index contributed by atoms with van der Waals surface area (Å²) in [5, 5.41) is 2.96. The molecule has 1 rings (SSSR count). The Bertz CT molecular complexity index is 542. The molecule has 0 aliphatic heterocycles. The van der Waals surface area contributed by atoms with Crippen LogP contribution in [0.5, 0.6) is 0 Å². The molecule has 0 spiro atoms. The first kappa shape index (κ1) is 19.3. The van der Waals surface area contributed by atoms with Crippen molar-refractivity contribution in [1.82, 2.24) is 5.32 Å². The molecule has 0 amide bonds. The second-order valence-corrected chi connectivity index (χ2v) is 6.16. The van der Waals surface area contributed by atoms with Gasteiger partial charge in [-0.05, 0) is 18.6 Å². The number of hydrogen-bond donors (Lipinski definition) is 2. The number of methoxy groups -OCH3 is 1. The van der Waals surface area contributed by atoms with E-state index in [9.17, 15) is 13.2 Å². The van der Waals surface area contributed by atoms with Crippen molar-refractivity contribution in [2.24, 2.45) is 10.7 Å². The van der Waals surface area contributed by atoms with E-state index < -0.39 is 17.2 Å². The van der Waals surface area contributed by atoms with Crippen molar-refractivity contribution in [3.8, 4) is 0 Å². The van der Waals surface area contributed by atoms with E-state index in [1.165, 1.54) is 6.07 Å². The first-order valence-corrected chi connectivity index (χ1v) is 7.29. The fourth-order valence-corrected chi connectivity index (χ4v) is 2.08. The number of nitrogens with zero attached hydrogens (tertiary/aromatic N) is 1. The SMILES string of the molecule is COCC(C)NC(N)=NCC(C)(C)c1cccc(C(F)(F)F)c1. The Morgan fingerprint density at radius 1 is 1.30 bits per heavy atom. The number of alkyl halides is 3. The van der Waals surface area contributed by atoms with Crippen LogP contribution in [0, 0.1) is 0 Å². The number of guanidine groups is 1. The fourth-order valence-electron chi connectivity index (χ4n) is 2.08. The molecule has 0 radical (unpaired) electrons. The van der Waals surface area contributed by atoms with Crippen LogP contribution in [-0.4, -0.2) is 32.3 Å². The average molecular weight is 331 g/mol. The molecule has 4 nitrogen and oxygen atoms in total. The van der Waals surface area contributed by atoms with E-state index in [2.05, 4.69) is 10.3 Å². The molecular formula is C16H24F3N3O. The Kier molecular flexibility index (Phi) is 6.44. The summed E-state index contributed by atoms with van der Waals surface area (Å²) < 4.78 is 43.4. The van der Waals surface area contributed by atoms with Crippen LogP contribution in [0.1, 0.15) is 31.9 Å². The molecule has 0 saturated carbocycles. The summed E-state index contributed by atoms with van der Waals surface area (Å²) in [6, 6.07) is 5.30. The highest BCUT2D eigenvalue weighted by Crippen LogP contribution is 2.32. The van der Waals surface area contributed by atoms with Gasteiger partial charge in [0.2, 0.25) is 0 Å². The van der Waals surface area contributed by atoms with Crippen LogP contribution in [0.2, 0.25) is 0 Å². The lowest BCUT2D eigenvalue weighted by Gasteiger charge is -2.24. The van der Waals surface area contributed by atoms with Crippen LogP contribution in [0.25, 0.3) is 0 Å². The minimum absolute atomic E-state index is 0.000388. The molecule has 0 aliphatic rings. The molecule has 0 saturated heterocycles. The number of halogens is 3. The quantitative estimate of drug-likeness (QED) is 0.622. The maximum Gasteiger partial charge on any atom is 0.416 e. The molecular weight excluding hydrogens is 307 g/mol. The van der Waals surface area contributed by atoms with Gasteiger partial charge in [0, 0.05) is 18.6 Å². The monoisotopic (exact) mass is 331 g/mol. The summed E-state index contributed by atoms with van der Waals surface area (Å²) in [5.74, 6) is 0.245. The highest BCUT2D eigenvalue weighted by molar-refractivity contribution is 5.78. The summed E-state index contributed by atoms with van der Waals surface area (Å²) >= 11 is 0. The van der Waals surface area contributed by atoms with E-state index in [-0.39, 0.29) is 18.5 Å². The van der Waals surface area contributed by atoms with Gasteiger partial charge in [-0.15, -0.1) is 0 Å². The van der Waals surface area contributed by atoms with Crippen LogP contribution < -0.4 is 11.1 Å². The Morgan fingerprint density at radius 3 is 2.48 bits per heavy atom. The van der Waals surface area contributed by atoms with Crippen LogP contribution in [0.3, 0.4) is 0 Å². The molecule has 0 bridgehead atoms. The molecule has 130 valence electrons. The van der Waals surface area contributed by atoms with E-state index in [0.29, 0.717) is 12.2 Å². The van der Waals surface area contributed by atoms with Gasteiger partial charge in [-0.3, -0.25) is 4.99 Å². The highest BCUT2D eigenvalue weighted by atomic mass is 19.4. The molecule has 7 heteroatoms. The van der Waals surface area contributed by atoms with Crippen molar-refractivity contribution in [3.63, 3.8) is 0 Å². The summed E-state index contributed by atoms with van der Waals surface area (Å²) in [4.78, 5) is 4.23. The molecule has 23 heavy (non-hydrogen) atoms. The third-order valence-electron chi connectivity index (χ3n) is 3.43. The number of nitrogens with two attached hydrogens (primary N) is 1. The number of hydrogen-bond acceptors (Lipinski definition) is 2. The molecule has 1 unspecified atom stereocenters. The van der Waals surface area contributed by atoms with Crippen LogP contribution in [0.4, 0.5) is 13.2 Å². The molecule has 3 N–H and O–H groups in total. The molecule has 0 aliphatic carbocycles. The lowest BCUT2D eigenvalue weighted by molar-refractivity contribution is -0.137. The van der Waals surface area contributed by atoms with Gasteiger partial charge in [0.15, 0.2) is 5.96 Å². The number of aliphatic imine (C=N–C) groups is 1. The van der Waals surface area contributed by atoms with Crippen molar-refractivity contribution >= 4 is 5.96 Å². The number of rotatable bonds is 6. The van der Waals surface area contributed by atoms with E-state index >= 15 is 0 Å². The van der Waals surface area contributed by atoms with Gasteiger partial charge in [0.25, 0.3) is 0 Å². The molecule has 0 aromatic heterocycles. The summed E-state index contributed by atoms with van der Waals surface area (Å²) in [6.45, 7) is 6.31. The first-order chi connectivity index (χ1) is 10.6. The minimum Gasteiger partial charge on any atom is -0.383 e. The third-order valence-corrected chi connectivity index (χ3v) is 3.43. The van der Waals surface area contributed by atoms with Gasteiger partial charge < -0.3 is 15.8 Å². The second-order valence-electron chi connectivity index (χ2n) is 6.16. The maximum atomic E-state index is 12.8. The average Bonchev–Trinajstić information content (AvgIpc) is 2.45. The zero-order chi connectivity index (χ0) is 17.7. The predicted molar refractivity (Wildman–Crippen MR) is 85.4 cm³/mol. The zero-order valence-electron chi connectivity index (χ0n) is 13.9. The standard InChI is InChI=1S/C16H24F3N3O/c1-11(9-23-4)22-14(20)21-10-15(2,3)12-6-5-7-13(8-12)16(17,18)19/h5-8,11H,9-10H2,1-4H3,(H3,20,21,22). The minimum atomic E-state index is -4.36. The Morgan fingerprint density at radius 2 is 1.91 bits per heavy atom. The van der Waals surface area contributed by atoms with E-state index in [4.69, 9.17) is 10.5 Å². The van der Waals surface area contributed by atoms with Gasteiger partial charge in [0.05, 0.1) is 18.7 Å². The van der Waals surface area contributed by atoms with Gasteiger partial charge in [-0.1, -0.05) is 32.0 Å². The Labute approximate surface area is 134 Å². The Balaban J connectivity index is 2.83. The first-order valence-electron chi connectivity index (χ1n) is 7.29. The predicted octanol–water partition coefficient (Wildman–Crippen LogP) is 2.92. The third kappa shape index (κ3) is 6.09. The van der Waals surface area contributed by atoms with E-state index in [1.54, 1.807) is 13.2 Å². The molecule has 0 heterocycles. The van der Waals surface area contributed by atoms with E-state index in [0.717, 1.165) is 12.1 Å². The topological polar surface area (TPSA) is 59.6 Å². The van der Waals surface area contributed by atoms with Gasteiger partial charge >= 0.3 is 6.18 Å². The van der Waals surface area contributed by atoms with Crippen molar-refractivity contribution in [2.45, 2.75) is 38.4 Å². The van der Waals surface area contributed by atoms with Crippen molar-refractivity contribution in [1.29, 1.82) is 0 Å². The molecule has 1 atom stereocenters. The molecule has 1 aromatic carbocycles. The second kappa shape index (κ2) is 7.68. The number of ether oxygens (including phenoxy) is 1. The Hall–Kier alpha value is -1.76. The number of benzene rings is 1.